The fraction of sp³-hybridized carbons (Fsp3) is 0.333. The SMILES string of the molecule is CC(=O)NS.c1nn[nH]n1. The third kappa shape index (κ3) is 6.89. The Labute approximate surface area is 62.9 Å². The quantitative estimate of drug-likeness (QED) is 0.433. The predicted molar refractivity (Wildman–Crippen MR) is 37.0 cm³/mol. The number of hydrogen-bond acceptors (Lipinski definition) is 5. The largest absolute Gasteiger partial charge is 0.303 e. The van der Waals surface area contributed by atoms with E-state index in [9.17, 15) is 4.79 Å². The maximum absolute atomic E-state index is 9.62. The van der Waals surface area contributed by atoms with Gasteiger partial charge in [0.15, 0.2) is 6.33 Å². The van der Waals surface area contributed by atoms with Crippen LogP contribution in [0.25, 0.3) is 0 Å². The lowest BCUT2D eigenvalue weighted by Crippen LogP contribution is -2.04. The molecule has 0 saturated heterocycles. The van der Waals surface area contributed by atoms with Crippen LogP contribution in [0.4, 0.5) is 0 Å². The Hall–Kier alpha value is -1.11. The number of amides is 1. The minimum absolute atomic E-state index is 0.131. The van der Waals surface area contributed by atoms with Crippen LogP contribution in [-0.4, -0.2) is 26.5 Å². The normalized spacial score (nSPS) is 7.40. The molecule has 2 N–H and O–H groups in total. The summed E-state index contributed by atoms with van der Waals surface area (Å²) < 4.78 is 2.08. The Morgan fingerprint density at radius 2 is 2.40 bits per heavy atom. The van der Waals surface area contributed by atoms with Crippen molar-refractivity contribution in [3.05, 3.63) is 6.33 Å². The van der Waals surface area contributed by atoms with E-state index in [0.717, 1.165) is 0 Å². The highest BCUT2D eigenvalue weighted by atomic mass is 32.1. The highest BCUT2D eigenvalue weighted by Gasteiger charge is 1.73. The van der Waals surface area contributed by atoms with Gasteiger partial charge in [0.2, 0.25) is 5.91 Å². The number of carbonyl (C=O) groups is 1. The number of aromatic nitrogens is 4. The van der Waals surface area contributed by atoms with Gasteiger partial charge in [-0.05, 0) is 0 Å². The van der Waals surface area contributed by atoms with Crippen molar-refractivity contribution < 1.29 is 4.79 Å². The molecule has 1 amide bonds. The summed E-state index contributed by atoms with van der Waals surface area (Å²) in [5.74, 6) is -0.131. The van der Waals surface area contributed by atoms with E-state index in [2.05, 4.69) is 38.2 Å². The zero-order valence-electron chi connectivity index (χ0n) is 5.27. The average molecular weight is 161 g/mol. The van der Waals surface area contributed by atoms with E-state index < -0.39 is 0 Å². The molecule has 0 unspecified atom stereocenters. The molecule has 0 spiro atoms. The van der Waals surface area contributed by atoms with Crippen molar-refractivity contribution in [2.24, 2.45) is 0 Å². The number of hydrogen-bond donors (Lipinski definition) is 3. The molecule has 1 rings (SSSR count). The molecule has 10 heavy (non-hydrogen) atoms. The van der Waals surface area contributed by atoms with Gasteiger partial charge >= 0.3 is 0 Å². The standard InChI is InChI=1S/C2H5NOS.CH2N4/c1-2(4)3-5;1-2-4-5-3-1/h5H,1H3,(H,3,4);1H,(H,2,3,4,5). The molecule has 0 radical (unpaired) electrons. The number of tetrazole rings is 1. The number of aromatic amines is 1. The molecule has 0 aromatic carbocycles. The van der Waals surface area contributed by atoms with E-state index in [0.29, 0.717) is 0 Å². The summed E-state index contributed by atoms with van der Waals surface area (Å²) in [4.78, 5) is 9.62. The smallest absolute Gasteiger partial charge is 0.226 e. The Morgan fingerprint density at radius 1 is 1.80 bits per heavy atom. The monoisotopic (exact) mass is 161 g/mol. The molecule has 1 heterocycles. The molecule has 0 bridgehead atoms. The van der Waals surface area contributed by atoms with Crippen LogP contribution < -0.4 is 4.72 Å². The van der Waals surface area contributed by atoms with Gasteiger partial charge in [0.1, 0.15) is 0 Å². The summed E-state index contributed by atoms with van der Waals surface area (Å²) in [6.07, 6.45) is 1.33. The zero-order chi connectivity index (χ0) is 7.82. The molecule has 0 saturated carbocycles. The first kappa shape index (κ1) is 8.89. The molecule has 0 aliphatic rings. The van der Waals surface area contributed by atoms with Crippen molar-refractivity contribution in [1.29, 1.82) is 0 Å². The summed E-state index contributed by atoms with van der Waals surface area (Å²) in [7, 11) is 0. The van der Waals surface area contributed by atoms with Gasteiger partial charge in [0.05, 0.1) is 0 Å². The molecule has 0 aliphatic heterocycles. The average Bonchev–Trinajstić information content (AvgIpc) is 2.43. The summed E-state index contributed by atoms with van der Waals surface area (Å²) in [6, 6.07) is 0. The van der Waals surface area contributed by atoms with E-state index in [1.807, 2.05) is 0 Å². The van der Waals surface area contributed by atoms with E-state index in [1.54, 1.807) is 0 Å². The van der Waals surface area contributed by atoms with Crippen LogP contribution in [0.3, 0.4) is 0 Å². The summed E-state index contributed by atoms with van der Waals surface area (Å²) >= 11 is 3.42. The van der Waals surface area contributed by atoms with Crippen LogP contribution in [0.5, 0.6) is 0 Å². The minimum Gasteiger partial charge on any atom is -0.303 e. The van der Waals surface area contributed by atoms with Crippen LogP contribution in [0.15, 0.2) is 6.33 Å². The van der Waals surface area contributed by atoms with Crippen molar-refractivity contribution in [2.45, 2.75) is 6.92 Å². The molecular formula is C3H7N5OS. The zero-order valence-corrected chi connectivity index (χ0v) is 6.17. The van der Waals surface area contributed by atoms with Crippen LogP contribution in [0, 0.1) is 0 Å². The van der Waals surface area contributed by atoms with Gasteiger partial charge in [-0.15, -0.1) is 10.2 Å². The van der Waals surface area contributed by atoms with Crippen LogP contribution in [0.1, 0.15) is 6.92 Å². The van der Waals surface area contributed by atoms with Gasteiger partial charge in [0, 0.05) is 6.92 Å². The lowest BCUT2D eigenvalue weighted by Gasteiger charge is -1.78. The van der Waals surface area contributed by atoms with Gasteiger partial charge in [0.25, 0.3) is 0 Å². The molecule has 1 aromatic rings. The van der Waals surface area contributed by atoms with Gasteiger partial charge in [-0.1, -0.05) is 18.0 Å². The number of carbonyl (C=O) groups excluding carboxylic acids is 1. The third-order valence-electron chi connectivity index (χ3n) is 0.427. The fourth-order valence-corrected chi connectivity index (χ4v) is 0.129. The molecule has 0 atom stereocenters. The van der Waals surface area contributed by atoms with E-state index in [4.69, 9.17) is 0 Å². The fourth-order valence-electron chi connectivity index (χ4n) is 0.129. The lowest BCUT2D eigenvalue weighted by atomic mass is 10.8. The summed E-state index contributed by atoms with van der Waals surface area (Å²) in [5.41, 5.74) is 0. The number of thiol groups is 1. The van der Waals surface area contributed by atoms with Crippen molar-refractivity contribution in [3.8, 4) is 0 Å². The molecule has 56 valence electrons. The molecule has 7 heteroatoms. The Bertz CT molecular complexity index is 146. The van der Waals surface area contributed by atoms with Crippen LogP contribution in [0.2, 0.25) is 0 Å². The first-order valence-corrected chi connectivity index (χ1v) is 2.79. The maximum Gasteiger partial charge on any atom is 0.226 e. The van der Waals surface area contributed by atoms with Crippen LogP contribution >= 0.6 is 12.8 Å². The van der Waals surface area contributed by atoms with E-state index in [1.165, 1.54) is 13.3 Å². The van der Waals surface area contributed by atoms with E-state index in [-0.39, 0.29) is 5.91 Å². The van der Waals surface area contributed by atoms with E-state index >= 15 is 0 Å². The Morgan fingerprint density at radius 3 is 2.50 bits per heavy atom. The summed E-state index contributed by atoms with van der Waals surface area (Å²) in [6.45, 7) is 1.40. The molecule has 0 fully saturated rings. The predicted octanol–water partition coefficient (Wildman–Crippen LogP) is -0.833. The number of nitrogens with one attached hydrogen (secondary N) is 2. The minimum atomic E-state index is -0.131. The van der Waals surface area contributed by atoms with Crippen molar-refractivity contribution >= 4 is 18.7 Å². The topological polar surface area (TPSA) is 83.6 Å². The second kappa shape index (κ2) is 6.02. The first-order valence-electron chi connectivity index (χ1n) is 2.34. The highest BCUT2D eigenvalue weighted by Crippen LogP contribution is 1.57. The second-order valence-electron chi connectivity index (χ2n) is 1.23. The van der Waals surface area contributed by atoms with Crippen molar-refractivity contribution in [2.75, 3.05) is 0 Å². The number of rotatable bonds is 0. The second-order valence-corrected chi connectivity index (χ2v) is 1.45. The molecule has 6 nitrogen and oxygen atoms in total. The first-order chi connectivity index (χ1) is 4.77. The van der Waals surface area contributed by atoms with Gasteiger partial charge in [-0.25, -0.2) is 0 Å². The van der Waals surface area contributed by atoms with Gasteiger partial charge in [-0.2, -0.15) is 5.21 Å². The highest BCUT2D eigenvalue weighted by molar-refractivity contribution is 7.78. The summed E-state index contributed by atoms with van der Waals surface area (Å²) in [5, 5.41) is 12.2. The maximum atomic E-state index is 9.62. The van der Waals surface area contributed by atoms with Crippen molar-refractivity contribution in [1.82, 2.24) is 25.3 Å². The molecule has 0 aliphatic carbocycles. The van der Waals surface area contributed by atoms with Crippen molar-refractivity contribution in [3.63, 3.8) is 0 Å². The third-order valence-corrected chi connectivity index (χ3v) is 0.742. The van der Waals surface area contributed by atoms with Gasteiger partial charge < -0.3 is 4.72 Å². The lowest BCUT2D eigenvalue weighted by molar-refractivity contribution is -0.117. The Kier molecular flexibility index (Phi) is 5.35. The molecule has 1 aromatic heterocycles. The number of nitrogens with zero attached hydrogens (tertiary/aromatic N) is 3. The Balaban J connectivity index is 0.000000162. The molecular weight excluding hydrogens is 154 g/mol. The number of H-pyrrole nitrogens is 1. The van der Waals surface area contributed by atoms with Crippen LogP contribution in [-0.2, 0) is 4.79 Å². The van der Waals surface area contributed by atoms with Gasteiger partial charge in [-0.3, -0.25) is 4.79 Å².